The molecule has 1 saturated carbocycles. The largest absolute Gasteiger partial charge is 0.340 e. The molecule has 0 spiro atoms. The van der Waals surface area contributed by atoms with Crippen LogP contribution in [0, 0.1) is 5.41 Å². The molecule has 0 saturated heterocycles. The fourth-order valence-corrected chi connectivity index (χ4v) is 4.11. The van der Waals surface area contributed by atoms with Gasteiger partial charge in [-0.2, -0.15) is 0 Å². The summed E-state index contributed by atoms with van der Waals surface area (Å²) in [7, 11) is 0. The zero-order valence-electron chi connectivity index (χ0n) is 11.7. The Labute approximate surface area is 113 Å². The van der Waals surface area contributed by atoms with Gasteiger partial charge in [-0.3, -0.25) is 4.98 Å². The van der Waals surface area contributed by atoms with Crippen molar-refractivity contribution >= 4 is 0 Å². The third-order valence-corrected chi connectivity index (χ3v) is 5.74. The third-order valence-electron chi connectivity index (χ3n) is 5.74. The van der Waals surface area contributed by atoms with Gasteiger partial charge in [0.25, 0.3) is 0 Å². The van der Waals surface area contributed by atoms with E-state index in [1.54, 1.807) is 0 Å². The lowest BCUT2D eigenvalue weighted by molar-refractivity contribution is 0.226. The van der Waals surface area contributed by atoms with Gasteiger partial charge >= 0.3 is 0 Å². The third kappa shape index (κ3) is 1.18. The first-order valence-electron chi connectivity index (χ1n) is 7.06. The number of hydrogen-bond donors (Lipinski definition) is 1. The van der Waals surface area contributed by atoms with Gasteiger partial charge in [-0.15, -0.1) is 0 Å². The Balaban J connectivity index is 1.88. The molecule has 3 heteroatoms. The van der Waals surface area contributed by atoms with Crippen molar-refractivity contribution in [1.29, 1.82) is 0 Å². The number of nitrogens with one attached hydrogen (secondary N) is 1. The first kappa shape index (κ1) is 11.2. The van der Waals surface area contributed by atoms with Gasteiger partial charge in [0.05, 0.1) is 5.69 Å². The Morgan fingerprint density at radius 1 is 1.26 bits per heavy atom. The molecule has 0 radical (unpaired) electrons. The van der Waals surface area contributed by atoms with Crippen molar-refractivity contribution < 1.29 is 0 Å². The molecular formula is C16H19N3. The summed E-state index contributed by atoms with van der Waals surface area (Å²) in [4.78, 5) is 12.8. The van der Waals surface area contributed by atoms with Gasteiger partial charge in [-0.25, -0.2) is 4.98 Å². The number of aromatic nitrogens is 3. The van der Waals surface area contributed by atoms with Crippen LogP contribution >= 0.6 is 0 Å². The van der Waals surface area contributed by atoms with Crippen LogP contribution in [0.4, 0.5) is 0 Å². The van der Waals surface area contributed by atoms with Crippen molar-refractivity contribution in [3.8, 4) is 11.5 Å². The molecule has 2 bridgehead atoms. The topological polar surface area (TPSA) is 41.6 Å². The summed E-state index contributed by atoms with van der Waals surface area (Å²) in [5.41, 5.74) is 4.13. The van der Waals surface area contributed by atoms with Crippen LogP contribution in [-0.4, -0.2) is 15.0 Å². The van der Waals surface area contributed by atoms with Crippen LogP contribution in [0.25, 0.3) is 11.5 Å². The van der Waals surface area contributed by atoms with E-state index in [2.05, 4.69) is 30.7 Å². The molecule has 2 heterocycles. The summed E-state index contributed by atoms with van der Waals surface area (Å²) in [6, 6.07) is 5.97. The van der Waals surface area contributed by atoms with Crippen molar-refractivity contribution in [2.45, 2.75) is 44.9 Å². The van der Waals surface area contributed by atoms with Crippen LogP contribution in [-0.2, 0) is 5.41 Å². The molecule has 2 aromatic heterocycles. The Morgan fingerprint density at radius 2 is 2.11 bits per heavy atom. The highest BCUT2D eigenvalue weighted by Crippen LogP contribution is 2.67. The first-order chi connectivity index (χ1) is 9.04. The lowest BCUT2D eigenvalue weighted by Gasteiger charge is -2.34. The van der Waals surface area contributed by atoms with Gasteiger partial charge in [0, 0.05) is 23.2 Å². The van der Waals surface area contributed by atoms with Crippen LogP contribution in [0.3, 0.4) is 0 Å². The molecular weight excluding hydrogens is 234 g/mol. The highest BCUT2D eigenvalue weighted by molar-refractivity contribution is 5.54. The van der Waals surface area contributed by atoms with E-state index in [4.69, 9.17) is 4.98 Å². The van der Waals surface area contributed by atoms with Crippen LogP contribution in [0.5, 0.6) is 0 Å². The number of rotatable bonds is 1. The van der Waals surface area contributed by atoms with E-state index in [0.717, 1.165) is 11.5 Å². The first-order valence-corrected chi connectivity index (χ1v) is 7.06. The van der Waals surface area contributed by atoms with Gasteiger partial charge in [0.15, 0.2) is 5.82 Å². The van der Waals surface area contributed by atoms with E-state index < -0.39 is 0 Å². The lowest BCUT2D eigenvalue weighted by atomic mass is 9.70. The predicted octanol–water partition coefficient (Wildman–Crippen LogP) is 3.65. The molecule has 0 aliphatic heterocycles. The van der Waals surface area contributed by atoms with Crippen LogP contribution in [0.2, 0.25) is 0 Å². The van der Waals surface area contributed by atoms with E-state index in [1.807, 2.05) is 24.4 Å². The summed E-state index contributed by atoms with van der Waals surface area (Å²) in [5, 5.41) is 0. The minimum Gasteiger partial charge on any atom is -0.340 e. The molecule has 1 fully saturated rings. The molecule has 0 amide bonds. The fraction of sp³-hybridized carbons (Fsp3) is 0.500. The highest BCUT2D eigenvalue weighted by atomic mass is 15.0. The maximum absolute atomic E-state index is 4.89. The number of hydrogen-bond acceptors (Lipinski definition) is 2. The van der Waals surface area contributed by atoms with E-state index in [-0.39, 0.29) is 5.41 Å². The zero-order valence-corrected chi connectivity index (χ0v) is 11.7. The minimum absolute atomic E-state index is 0.219. The Hall–Kier alpha value is -1.64. The van der Waals surface area contributed by atoms with Crippen molar-refractivity contribution in [3.63, 3.8) is 0 Å². The molecule has 2 atom stereocenters. The van der Waals surface area contributed by atoms with Crippen molar-refractivity contribution in [2.24, 2.45) is 5.41 Å². The number of imidazole rings is 1. The Kier molecular flexibility index (Phi) is 1.93. The molecule has 0 aromatic carbocycles. The maximum Gasteiger partial charge on any atom is 0.156 e. The van der Waals surface area contributed by atoms with Gasteiger partial charge < -0.3 is 4.98 Å². The molecule has 0 unspecified atom stereocenters. The maximum atomic E-state index is 4.89. The van der Waals surface area contributed by atoms with Crippen molar-refractivity contribution in [2.75, 3.05) is 0 Å². The Bertz CT molecular complexity index is 641. The van der Waals surface area contributed by atoms with Crippen LogP contribution in [0.15, 0.2) is 24.4 Å². The van der Waals surface area contributed by atoms with Crippen molar-refractivity contribution in [3.05, 3.63) is 35.8 Å². The number of pyridine rings is 1. The molecule has 19 heavy (non-hydrogen) atoms. The second kappa shape index (κ2) is 3.27. The standard InChI is InChI=1S/C16H19N3/c1-15(2)10-7-8-16(15,3)13-12(10)18-14(19-13)11-6-4-5-9-17-11/h4-6,9-10H,7-8H2,1-3H3,(H,18,19)/t10-,16+/m1/s1. The monoisotopic (exact) mass is 253 g/mol. The normalized spacial score (nSPS) is 30.6. The van der Waals surface area contributed by atoms with Crippen LogP contribution < -0.4 is 0 Å². The molecule has 3 nitrogen and oxygen atoms in total. The summed E-state index contributed by atoms with van der Waals surface area (Å²) in [5.74, 6) is 1.55. The summed E-state index contributed by atoms with van der Waals surface area (Å²) < 4.78 is 0. The smallest absolute Gasteiger partial charge is 0.156 e. The minimum atomic E-state index is 0.219. The van der Waals surface area contributed by atoms with E-state index in [9.17, 15) is 0 Å². The van der Waals surface area contributed by atoms with Crippen molar-refractivity contribution in [1.82, 2.24) is 15.0 Å². The number of H-pyrrole nitrogens is 1. The second-order valence-electron chi connectivity index (χ2n) is 6.71. The molecule has 2 aromatic rings. The summed E-state index contributed by atoms with van der Waals surface area (Å²) in [6.07, 6.45) is 4.35. The molecule has 4 rings (SSSR count). The zero-order chi connectivity index (χ0) is 13.3. The average molecular weight is 253 g/mol. The summed E-state index contributed by atoms with van der Waals surface area (Å²) >= 11 is 0. The number of aromatic amines is 1. The van der Waals surface area contributed by atoms with Gasteiger partial charge in [-0.1, -0.05) is 26.8 Å². The van der Waals surface area contributed by atoms with Gasteiger partial charge in [0.1, 0.15) is 5.69 Å². The fourth-order valence-electron chi connectivity index (χ4n) is 4.11. The van der Waals surface area contributed by atoms with Gasteiger partial charge in [-0.05, 0) is 30.4 Å². The lowest BCUT2D eigenvalue weighted by Crippen LogP contribution is -2.31. The number of nitrogens with zero attached hydrogens (tertiary/aromatic N) is 2. The second-order valence-corrected chi connectivity index (χ2v) is 6.71. The predicted molar refractivity (Wildman–Crippen MR) is 74.9 cm³/mol. The average Bonchev–Trinajstić information content (AvgIpc) is 2.97. The number of fused-ring (bicyclic) bond motifs is 5. The Morgan fingerprint density at radius 3 is 2.79 bits per heavy atom. The highest BCUT2D eigenvalue weighted by Gasteiger charge is 2.61. The molecule has 1 N–H and O–H groups in total. The van der Waals surface area contributed by atoms with E-state index >= 15 is 0 Å². The quantitative estimate of drug-likeness (QED) is 0.843. The molecule has 2 aliphatic carbocycles. The van der Waals surface area contributed by atoms with Crippen LogP contribution in [0.1, 0.15) is 50.9 Å². The van der Waals surface area contributed by atoms with E-state index in [1.165, 1.54) is 24.2 Å². The van der Waals surface area contributed by atoms with Gasteiger partial charge in [0.2, 0.25) is 0 Å². The SMILES string of the molecule is CC1(C)[C@@H]2CC[C@@]1(C)c1nc(-c3ccccn3)[nH]c12. The summed E-state index contributed by atoms with van der Waals surface area (Å²) in [6.45, 7) is 7.16. The van der Waals surface area contributed by atoms with E-state index in [0.29, 0.717) is 11.3 Å². The molecule has 98 valence electrons. The molecule has 2 aliphatic rings.